The third kappa shape index (κ3) is 6.39. The van der Waals surface area contributed by atoms with Crippen molar-refractivity contribution in [2.24, 2.45) is 35.1 Å². The summed E-state index contributed by atoms with van der Waals surface area (Å²) in [6, 6.07) is 3.37. The fraction of sp³-hybridized carbons (Fsp3) is 0.396. The number of aromatic hydroxyl groups is 2. The largest absolute Gasteiger partial charge is 0.510 e. The van der Waals surface area contributed by atoms with Gasteiger partial charge in [-0.05, 0) is 101 Å². The zero-order chi connectivity index (χ0) is 48.2. The lowest BCUT2D eigenvalue weighted by molar-refractivity contribution is -0.149. The molecule has 1 amide bonds. The molecule has 0 radical (unpaired) electrons. The van der Waals surface area contributed by atoms with Crippen LogP contribution in [0.4, 0.5) is 0 Å². The van der Waals surface area contributed by atoms with Gasteiger partial charge in [0.05, 0.1) is 28.8 Å². The lowest BCUT2D eigenvalue weighted by Gasteiger charge is -2.50. The van der Waals surface area contributed by atoms with Crippen LogP contribution in [0.2, 0.25) is 0 Å². The quantitative estimate of drug-likeness (QED) is 0.0844. The highest BCUT2D eigenvalue weighted by Gasteiger charge is 2.65. The Morgan fingerprint density at radius 3 is 1.50 bits per heavy atom. The van der Waals surface area contributed by atoms with Crippen molar-refractivity contribution < 1.29 is 69.9 Å². The predicted molar refractivity (Wildman–Crippen MR) is 231 cm³/mol. The normalized spacial score (nSPS) is 29.5. The first kappa shape index (κ1) is 45.8. The van der Waals surface area contributed by atoms with E-state index in [4.69, 9.17) is 11.5 Å². The highest BCUT2D eigenvalue weighted by atomic mass is 16.4. The Morgan fingerprint density at radius 2 is 1.11 bits per heavy atom. The van der Waals surface area contributed by atoms with E-state index < -0.39 is 128 Å². The highest BCUT2D eigenvalue weighted by Crippen LogP contribution is 2.54. The SMILES string of the molecule is CN(C)[C@@H]1C(O)=C(C(N)=O)C(=O)[C@@]2(O)C(O)=C3C(=O)c4c(O)ccc(C#CCCC#Cc5ccc(O)c6c5C[C@H]5C[C@H]7[C@H](N(C)C)C(O)=C(C(N)O)C(=O)[C@@]7(O)C(O)=C5C6=O)c4C[C@H]3C[C@@H]12. The van der Waals surface area contributed by atoms with Gasteiger partial charge >= 0.3 is 0 Å². The lowest BCUT2D eigenvalue weighted by Crippen LogP contribution is -2.64. The summed E-state index contributed by atoms with van der Waals surface area (Å²) >= 11 is 0. The first-order valence-corrected chi connectivity index (χ1v) is 21.1. The van der Waals surface area contributed by atoms with Gasteiger partial charge in [-0.25, -0.2) is 0 Å². The Morgan fingerprint density at radius 1 is 0.697 bits per heavy atom. The van der Waals surface area contributed by atoms with Crippen molar-refractivity contribution in [3.8, 4) is 35.2 Å². The number of fused-ring (bicyclic) bond motifs is 6. The van der Waals surface area contributed by atoms with Crippen LogP contribution in [0.3, 0.4) is 0 Å². The fourth-order valence-corrected chi connectivity index (χ4v) is 11.2. The predicted octanol–water partition coefficient (Wildman–Crippen LogP) is 0.530. The minimum atomic E-state index is -2.77. The number of allylic oxidation sites excluding steroid dienone is 2. The van der Waals surface area contributed by atoms with Crippen LogP contribution in [0.5, 0.6) is 11.5 Å². The molecule has 13 N–H and O–H groups in total. The molecule has 18 nitrogen and oxygen atoms in total. The summed E-state index contributed by atoms with van der Waals surface area (Å²) in [5, 5.41) is 101. The number of carbonyl (C=O) groups is 5. The number of carbonyl (C=O) groups excluding carboxylic acids is 5. The van der Waals surface area contributed by atoms with Gasteiger partial charge in [0.25, 0.3) is 5.91 Å². The van der Waals surface area contributed by atoms with E-state index in [1.54, 1.807) is 28.2 Å². The zero-order valence-electron chi connectivity index (χ0n) is 36.2. The molecular weight excluding hydrogens is 857 g/mol. The minimum absolute atomic E-state index is 0.0506. The van der Waals surface area contributed by atoms with E-state index in [0.717, 1.165) is 0 Å². The first-order valence-electron chi connectivity index (χ1n) is 21.1. The van der Waals surface area contributed by atoms with Crippen LogP contribution < -0.4 is 11.5 Å². The number of amides is 1. The molecule has 8 rings (SSSR count). The summed E-state index contributed by atoms with van der Waals surface area (Å²) in [4.78, 5) is 70.6. The molecule has 0 aliphatic heterocycles. The average molecular weight is 905 g/mol. The summed E-state index contributed by atoms with van der Waals surface area (Å²) < 4.78 is 0. The van der Waals surface area contributed by atoms with Gasteiger partial charge in [-0.1, -0.05) is 23.7 Å². The maximum absolute atomic E-state index is 14.1. The van der Waals surface area contributed by atoms with Gasteiger partial charge in [-0.3, -0.25) is 33.8 Å². The molecule has 0 heterocycles. The molecule has 0 spiro atoms. The Kier molecular flexibility index (Phi) is 11.1. The van der Waals surface area contributed by atoms with E-state index in [0.29, 0.717) is 22.3 Å². The number of hydrogen-bond acceptors (Lipinski definition) is 17. The van der Waals surface area contributed by atoms with E-state index in [1.807, 2.05) is 0 Å². The smallest absolute Gasteiger partial charge is 0.255 e. The highest BCUT2D eigenvalue weighted by molar-refractivity contribution is 6.25. The van der Waals surface area contributed by atoms with Crippen molar-refractivity contribution in [3.63, 3.8) is 0 Å². The molecule has 1 unspecified atom stereocenters. The number of likely N-dealkylation sites (N-methyl/N-ethyl adjacent to an activating group) is 2. The molecule has 0 bridgehead atoms. The number of unbranched alkanes of at least 4 members (excludes halogenated alkanes) is 1. The molecule has 66 heavy (non-hydrogen) atoms. The number of phenolic OH excluding ortho intramolecular Hbond substituents is 2. The van der Waals surface area contributed by atoms with Crippen molar-refractivity contribution >= 4 is 29.0 Å². The van der Waals surface area contributed by atoms with E-state index >= 15 is 0 Å². The molecule has 0 aromatic heterocycles. The number of nitrogens with zero attached hydrogens (tertiary/aromatic N) is 2. The van der Waals surface area contributed by atoms with Crippen LogP contribution >= 0.6 is 0 Å². The van der Waals surface area contributed by atoms with Gasteiger partial charge in [0, 0.05) is 47.0 Å². The Balaban J connectivity index is 1.06. The number of hydrogen-bond donors (Lipinski definition) is 11. The Bertz CT molecular complexity index is 2870. The molecule has 2 aromatic rings. The van der Waals surface area contributed by atoms with E-state index in [9.17, 15) is 69.9 Å². The van der Waals surface area contributed by atoms with Gasteiger partial charge in [-0.2, -0.15) is 0 Å². The molecule has 2 aromatic carbocycles. The molecule has 6 aliphatic rings. The molecule has 6 aliphatic carbocycles. The van der Waals surface area contributed by atoms with Gasteiger partial charge < -0.3 is 57.4 Å². The van der Waals surface area contributed by atoms with Crippen molar-refractivity contribution in [3.05, 3.63) is 103 Å². The van der Waals surface area contributed by atoms with Crippen LogP contribution in [0.1, 0.15) is 68.7 Å². The molecule has 18 heteroatoms. The zero-order valence-corrected chi connectivity index (χ0v) is 36.2. The van der Waals surface area contributed by atoms with Gasteiger partial charge in [-0.15, -0.1) is 0 Å². The second-order valence-corrected chi connectivity index (χ2v) is 18.1. The maximum Gasteiger partial charge on any atom is 0.255 e. The third-order valence-electron chi connectivity index (χ3n) is 14.1. The molecule has 9 atom stereocenters. The summed E-state index contributed by atoms with van der Waals surface area (Å²) in [5.74, 6) is -1.33. The number of phenols is 2. The molecular formula is C48H48N4O14. The molecule has 0 fully saturated rings. The standard InChI is InChI=1S/C48H48N4O14/c1-51(2)35-25-17-21-15-23-19(11-13-27(53)31(23)37(55)29(21)41(59)47(25,65)43(61)33(39(35)57)45(49)63)9-7-5-6-8-10-20-12-14-28(54)32-24(20)16-22-18-26-36(52(3)4)40(58)34(46(50)64)44(62)48(26,66)42(60)30(22)38(32)56/h11-14,21-22,25-26,35-36,45,53-54,57-60,63,65-66H,5-6,15-18,49H2,1-4H3,(H2,50,64)/t21-,22-,25-,26-,35-,36-,45?,47-,48-/m0/s1. The molecule has 0 saturated carbocycles. The van der Waals surface area contributed by atoms with E-state index in [2.05, 4.69) is 23.7 Å². The van der Waals surface area contributed by atoms with Crippen molar-refractivity contribution in [2.45, 2.75) is 68.0 Å². The second-order valence-electron chi connectivity index (χ2n) is 18.1. The van der Waals surface area contributed by atoms with Crippen LogP contribution in [-0.2, 0) is 27.2 Å². The second kappa shape index (κ2) is 16.0. The number of ketones is 4. The van der Waals surface area contributed by atoms with E-state index in [1.165, 1.54) is 34.1 Å². The number of benzene rings is 2. The summed E-state index contributed by atoms with van der Waals surface area (Å²) in [6.45, 7) is 0. The Hall–Kier alpha value is -6.77. The van der Waals surface area contributed by atoms with Crippen molar-refractivity contribution in [1.82, 2.24) is 9.80 Å². The summed E-state index contributed by atoms with van der Waals surface area (Å²) in [5.41, 5.74) is 4.56. The Labute approximate surface area is 377 Å². The van der Waals surface area contributed by atoms with Crippen LogP contribution in [0.15, 0.2) is 69.6 Å². The number of nitrogens with two attached hydrogens (primary N) is 2. The molecule has 0 saturated heterocycles. The maximum atomic E-state index is 14.1. The van der Waals surface area contributed by atoms with Crippen LogP contribution in [0, 0.1) is 47.4 Å². The van der Waals surface area contributed by atoms with Gasteiger partial charge in [0.1, 0.15) is 46.3 Å². The van der Waals surface area contributed by atoms with Crippen LogP contribution in [0.25, 0.3) is 0 Å². The molecule has 344 valence electrons. The summed E-state index contributed by atoms with van der Waals surface area (Å²) in [6.07, 6.45) is -1.60. The average Bonchev–Trinajstić information content (AvgIpc) is 3.22. The minimum Gasteiger partial charge on any atom is -0.510 e. The van der Waals surface area contributed by atoms with Crippen molar-refractivity contribution in [2.75, 3.05) is 28.2 Å². The lowest BCUT2D eigenvalue weighted by atomic mass is 9.58. The summed E-state index contributed by atoms with van der Waals surface area (Å²) in [7, 11) is 6.22. The topological polar surface area (TPSA) is 326 Å². The first-order chi connectivity index (χ1) is 31.0. The van der Waals surface area contributed by atoms with Crippen molar-refractivity contribution in [1.29, 1.82) is 0 Å². The monoisotopic (exact) mass is 904 g/mol. The van der Waals surface area contributed by atoms with Crippen LogP contribution in [-0.4, -0.2) is 143 Å². The number of primary amides is 1. The fourth-order valence-electron chi connectivity index (χ4n) is 11.2. The number of aliphatic hydroxyl groups excluding tert-OH is 5. The number of rotatable bonds is 5. The van der Waals surface area contributed by atoms with E-state index in [-0.39, 0.29) is 60.8 Å². The van der Waals surface area contributed by atoms with Gasteiger partial charge in [0.2, 0.25) is 11.6 Å². The third-order valence-corrected chi connectivity index (χ3v) is 14.1. The number of Topliss-reactive ketones (excluding diaryl/α,β-unsaturated/α-hetero) is 4. The number of aliphatic hydroxyl groups is 7. The van der Waals surface area contributed by atoms with Gasteiger partial charge in [0.15, 0.2) is 22.8 Å².